The van der Waals surface area contributed by atoms with E-state index in [-0.39, 0.29) is 5.91 Å². The van der Waals surface area contributed by atoms with E-state index in [1.165, 1.54) is 28.4 Å². The Morgan fingerprint density at radius 3 is 2.87 bits per heavy atom. The number of para-hydroxylation sites is 1. The first kappa shape index (κ1) is 18.7. The highest BCUT2D eigenvalue weighted by atomic mass is 32.2. The number of amides is 1. The number of hydrogen-bond donors (Lipinski definition) is 2. The third kappa shape index (κ3) is 3.54. The summed E-state index contributed by atoms with van der Waals surface area (Å²) in [7, 11) is 1.64. The molecule has 0 aliphatic carbocycles. The van der Waals surface area contributed by atoms with E-state index in [2.05, 4.69) is 32.3 Å². The van der Waals surface area contributed by atoms with Gasteiger partial charge in [-0.3, -0.25) is 9.89 Å². The van der Waals surface area contributed by atoms with E-state index in [4.69, 9.17) is 4.74 Å². The van der Waals surface area contributed by atoms with Crippen molar-refractivity contribution >= 4 is 28.6 Å². The van der Waals surface area contributed by atoms with Crippen LogP contribution in [0.3, 0.4) is 0 Å². The number of carbonyl (C=O) groups excluding carboxylic acids is 1. The predicted molar refractivity (Wildman–Crippen MR) is 117 cm³/mol. The second-order valence-electron chi connectivity index (χ2n) is 7.18. The topological polar surface area (TPSA) is 86.9 Å². The van der Waals surface area contributed by atoms with E-state index in [1.54, 1.807) is 7.11 Å². The molecule has 0 saturated carbocycles. The number of rotatable bonds is 5. The van der Waals surface area contributed by atoms with Gasteiger partial charge in [0.1, 0.15) is 5.75 Å². The fourth-order valence-electron chi connectivity index (χ4n) is 3.79. The number of methoxy groups -OCH3 is 1. The van der Waals surface area contributed by atoms with Crippen molar-refractivity contribution in [1.29, 1.82) is 0 Å². The number of hydrogen-bond acceptors (Lipinski definition) is 5. The first-order chi connectivity index (χ1) is 14.7. The highest BCUT2D eigenvalue weighted by Crippen LogP contribution is 2.28. The number of aromatic amines is 2. The molecule has 0 bridgehead atoms. The maximum atomic E-state index is 12.8. The minimum Gasteiger partial charge on any atom is -0.497 e. The fourth-order valence-corrected chi connectivity index (χ4v) is 4.49. The maximum Gasteiger partial charge on any atom is 0.233 e. The minimum atomic E-state index is 0.103. The van der Waals surface area contributed by atoms with Crippen LogP contribution in [-0.2, 0) is 17.8 Å². The van der Waals surface area contributed by atoms with Gasteiger partial charge in [0.25, 0.3) is 0 Å². The first-order valence-electron chi connectivity index (χ1n) is 9.77. The number of aromatic nitrogens is 4. The second-order valence-corrected chi connectivity index (χ2v) is 8.12. The van der Waals surface area contributed by atoms with Crippen LogP contribution in [-0.4, -0.2) is 50.4 Å². The number of carbonyl (C=O) groups is 1. The number of nitrogens with zero attached hydrogens (tertiary/aromatic N) is 3. The van der Waals surface area contributed by atoms with Gasteiger partial charge in [-0.15, -0.1) is 5.10 Å². The predicted octanol–water partition coefficient (Wildman–Crippen LogP) is 3.64. The normalized spacial score (nSPS) is 13.4. The molecule has 2 N–H and O–H groups in total. The van der Waals surface area contributed by atoms with Crippen molar-refractivity contribution in [3.05, 3.63) is 59.8 Å². The van der Waals surface area contributed by atoms with Gasteiger partial charge in [-0.2, -0.15) is 0 Å². The van der Waals surface area contributed by atoms with Gasteiger partial charge in [-0.1, -0.05) is 30.0 Å². The Bertz CT molecular complexity index is 1200. The molecule has 0 fully saturated rings. The van der Waals surface area contributed by atoms with Crippen LogP contribution in [0.2, 0.25) is 0 Å². The zero-order valence-corrected chi connectivity index (χ0v) is 17.3. The second kappa shape index (κ2) is 7.87. The minimum absolute atomic E-state index is 0.103. The van der Waals surface area contributed by atoms with Crippen molar-refractivity contribution in [3.8, 4) is 17.1 Å². The molecule has 2 aromatic carbocycles. The molecule has 8 heteroatoms. The van der Waals surface area contributed by atoms with Crippen molar-refractivity contribution in [3.63, 3.8) is 0 Å². The number of benzene rings is 2. The molecule has 5 rings (SSSR count). The molecule has 2 aromatic heterocycles. The van der Waals surface area contributed by atoms with Gasteiger partial charge in [0.15, 0.2) is 5.82 Å². The van der Waals surface area contributed by atoms with Crippen LogP contribution in [0.15, 0.2) is 53.7 Å². The zero-order chi connectivity index (χ0) is 20.5. The molecular weight excluding hydrogens is 398 g/mol. The highest BCUT2D eigenvalue weighted by molar-refractivity contribution is 7.99. The van der Waals surface area contributed by atoms with E-state index in [9.17, 15) is 4.79 Å². The molecule has 0 radical (unpaired) electrons. The molecule has 7 nitrogen and oxygen atoms in total. The summed E-state index contributed by atoms with van der Waals surface area (Å²) < 4.78 is 5.18. The van der Waals surface area contributed by atoms with E-state index in [1.807, 2.05) is 41.3 Å². The Labute approximate surface area is 177 Å². The van der Waals surface area contributed by atoms with Gasteiger partial charge in [0, 0.05) is 47.2 Å². The van der Waals surface area contributed by atoms with Crippen molar-refractivity contribution < 1.29 is 9.53 Å². The van der Waals surface area contributed by atoms with Gasteiger partial charge in [0.05, 0.1) is 12.9 Å². The van der Waals surface area contributed by atoms with E-state index in [0.717, 1.165) is 29.8 Å². The van der Waals surface area contributed by atoms with Crippen molar-refractivity contribution in [1.82, 2.24) is 25.1 Å². The molecule has 4 aromatic rings. The zero-order valence-electron chi connectivity index (χ0n) is 16.5. The van der Waals surface area contributed by atoms with Gasteiger partial charge in [-0.25, -0.2) is 4.98 Å². The van der Waals surface area contributed by atoms with Crippen LogP contribution in [0.4, 0.5) is 0 Å². The Kier molecular flexibility index (Phi) is 4.92. The third-order valence-corrected chi connectivity index (χ3v) is 6.22. The molecule has 0 saturated heterocycles. The first-order valence-corrected chi connectivity index (χ1v) is 10.8. The summed E-state index contributed by atoms with van der Waals surface area (Å²) in [4.78, 5) is 22.7. The van der Waals surface area contributed by atoms with Crippen LogP contribution in [0.1, 0.15) is 11.3 Å². The van der Waals surface area contributed by atoms with Crippen molar-refractivity contribution in [2.45, 2.75) is 18.1 Å². The van der Waals surface area contributed by atoms with Crippen molar-refractivity contribution in [2.24, 2.45) is 0 Å². The SMILES string of the molecule is COc1ccc(-c2nc(SCC(=O)N3CCc4[nH]c5ccccc5c4C3)n[nH]2)cc1. The summed E-state index contributed by atoms with van der Waals surface area (Å²) >= 11 is 1.36. The van der Waals surface area contributed by atoms with Crippen LogP contribution in [0.5, 0.6) is 5.75 Å². The van der Waals surface area contributed by atoms with Crippen LogP contribution < -0.4 is 4.74 Å². The molecule has 0 unspecified atom stereocenters. The molecule has 30 heavy (non-hydrogen) atoms. The van der Waals surface area contributed by atoms with Gasteiger partial charge >= 0.3 is 0 Å². The fraction of sp³-hybridized carbons (Fsp3) is 0.227. The average molecular weight is 420 g/mol. The van der Waals surface area contributed by atoms with Crippen LogP contribution in [0.25, 0.3) is 22.3 Å². The van der Waals surface area contributed by atoms with Crippen LogP contribution >= 0.6 is 11.8 Å². The number of H-pyrrole nitrogens is 2. The van der Waals surface area contributed by atoms with Gasteiger partial charge < -0.3 is 14.6 Å². The lowest BCUT2D eigenvalue weighted by atomic mass is 10.0. The lowest BCUT2D eigenvalue weighted by Crippen LogP contribution is -2.36. The third-order valence-electron chi connectivity index (χ3n) is 5.39. The molecule has 0 atom stereocenters. The summed E-state index contributed by atoms with van der Waals surface area (Å²) in [6, 6.07) is 15.9. The summed E-state index contributed by atoms with van der Waals surface area (Å²) in [6.45, 7) is 1.37. The Morgan fingerprint density at radius 2 is 2.03 bits per heavy atom. The molecule has 1 aliphatic rings. The maximum absolute atomic E-state index is 12.8. The lowest BCUT2D eigenvalue weighted by Gasteiger charge is -2.27. The Balaban J connectivity index is 1.23. The smallest absolute Gasteiger partial charge is 0.233 e. The van der Waals surface area contributed by atoms with E-state index >= 15 is 0 Å². The molecule has 1 amide bonds. The molecule has 152 valence electrons. The summed E-state index contributed by atoms with van der Waals surface area (Å²) in [5.74, 6) is 1.89. The summed E-state index contributed by atoms with van der Waals surface area (Å²) in [5.41, 5.74) is 4.53. The lowest BCUT2D eigenvalue weighted by molar-refractivity contribution is -0.129. The van der Waals surface area contributed by atoms with Crippen LogP contribution in [0, 0.1) is 0 Å². The van der Waals surface area contributed by atoms with E-state index < -0.39 is 0 Å². The Hall–Kier alpha value is -3.26. The number of nitrogens with one attached hydrogen (secondary N) is 2. The van der Waals surface area contributed by atoms with E-state index in [0.29, 0.717) is 23.3 Å². The number of fused-ring (bicyclic) bond motifs is 3. The molecule has 1 aliphatic heterocycles. The summed E-state index contributed by atoms with van der Waals surface area (Å²) in [5, 5.41) is 8.95. The highest BCUT2D eigenvalue weighted by Gasteiger charge is 2.24. The van der Waals surface area contributed by atoms with Crippen molar-refractivity contribution in [2.75, 3.05) is 19.4 Å². The monoisotopic (exact) mass is 419 g/mol. The summed E-state index contributed by atoms with van der Waals surface area (Å²) in [6.07, 6.45) is 0.850. The number of thioether (sulfide) groups is 1. The average Bonchev–Trinajstić information content (AvgIpc) is 3.42. The quantitative estimate of drug-likeness (QED) is 0.482. The van der Waals surface area contributed by atoms with Gasteiger partial charge in [0.2, 0.25) is 11.1 Å². The molecular formula is C22H21N5O2S. The standard InChI is InChI=1S/C22H21N5O2S/c1-29-15-8-6-14(7-9-15)21-24-22(26-25-21)30-13-20(28)27-11-10-19-17(12-27)16-4-2-3-5-18(16)23-19/h2-9,23H,10-13H2,1H3,(H,24,25,26). The Morgan fingerprint density at radius 1 is 1.20 bits per heavy atom. The largest absolute Gasteiger partial charge is 0.497 e. The molecule has 3 heterocycles. The number of ether oxygens (including phenoxy) is 1. The molecule has 0 spiro atoms. The van der Waals surface area contributed by atoms with Gasteiger partial charge in [-0.05, 0) is 30.3 Å².